The monoisotopic (exact) mass is 404 g/mol. The van der Waals surface area contributed by atoms with E-state index in [0.717, 1.165) is 27.7 Å². The summed E-state index contributed by atoms with van der Waals surface area (Å²) in [5.41, 5.74) is 0. The number of aliphatic hydroxyl groups is 4. The maximum absolute atomic E-state index is 9.34. The molecule has 0 amide bonds. The predicted molar refractivity (Wildman–Crippen MR) is 78.3 cm³/mol. The van der Waals surface area contributed by atoms with Gasteiger partial charge in [-0.05, 0) is 27.7 Å². The molecule has 0 fully saturated rings. The van der Waals surface area contributed by atoms with E-state index in [9.17, 15) is 39.6 Å². The summed E-state index contributed by atoms with van der Waals surface area (Å²) in [6, 6.07) is 0. The van der Waals surface area contributed by atoms with Crippen molar-refractivity contribution in [1.82, 2.24) is 0 Å². The third-order valence-electron chi connectivity index (χ3n) is 1.36. The molecule has 4 unspecified atom stereocenters. The van der Waals surface area contributed by atoms with Crippen LogP contribution in [0.5, 0.6) is 0 Å². The molecule has 0 aromatic rings. The molecular formula is C12H20Mg2O12. The summed E-state index contributed by atoms with van der Waals surface area (Å²) in [4.78, 5) is 37.4. The summed E-state index contributed by atoms with van der Waals surface area (Å²) in [5, 5.41) is 69.2. The molecule has 0 aliphatic heterocycles. The van der Waals surface area contributed by atoms with Gasteiger partial charge in [0.25, 0.3) is 0 Å². The van der Waals surface area contributed by atoms with Gasteiger partial charge in [0.15, 0.2) is 0 Å². The Morgan fingerprint density at radius 2 is 0.538 bits per heavy atom. The summed E-state index contributed by atoms with van der Waals surface area (Å²) < 4.78 is 0. The number of aliphatic carboxylic acids is 4. The minimum Gasteiger partial charge on any atom is -0.547 e. The number of rotatable bonds is 4. The molecule has 12 nitrogen and oxygen atoms in total. The normalized spacial score (nSPS) is 12.6. The van der Waals surface area contributed by atoms with Gasteiger partial charge in [-0.2, -0.15) is 0 Å². The van der Waals surface area contributed by atoms with E-state index in [1.807, 2.05) is 0 Å². The number of aliphatic hydroxyl groups excluding tert-OH is 4. The molecule has 144 valence electrons. The second-order valence-corrected chi connectivity index (χ2v) is 3.98. The number of carbonyl (C=O) groups excluding carboxylic acids is 4. The second-order valence-electron chi connectivity index (χ2n) is 3.98. The molecule has 4 N–H and O–H groups in total. The molecule has 0 heterocycles. The van der Waals surface area contributed by atoms with Crippen molar-refractivity contribution in [1.29, 1.82) is 0 Å². The van der Waals surface area contributed by atoms with Crippen LogP contribution in [0.25, 0.3) is 0 Å². The summed E-state index contributed by atoms with van der Waals surface area (Å²) in [5.74, 6) is -5.74. The van der Waals surface area contributed by atoms with Crippen LogP contribution in [-0.4, -0.2) is 115 Å². The van der Waals surface area contributed by atoms with Crippen LogP contribution in [0.1, 0.15) is 27.7 Å². The Bertz CT molecular complexity index is 310. The molecule has 0 aliphatic carbocycles. The molecular weight excluding hydrogens is 385 g/mol. The van der Waals surface area contributed by atoms with Crippen molar-refractivity contribution in [2.24, 2.45) is 0 Å². The molecule has 26 heavy (non-hydrogen) atoms. The molecule has 0 saturated carbocycles. The van der Waals surface area contributed by atoms with Gasteiger partial charge in [-0.15, -0.1) is 0 Å². The smallest absolute Gasteiger partial charge is 0.547 e. The van der Waals surface area contributed by atoms with Crippen molar-refractivity contribution >= 4 is 70.0 Å². The molecule has 0 spiro atoms. The van der Waals surface area contributed by atoms with Crippen molar-refractivity contribution in [3.05, 3.63) is 0 Å². The first-order chi connectivity index (χ1) is 10.6. The Kier molecular flexibility index (Phi) is 37.4. The Morgan fingerprint density at radius 1 is 0.500 bits per heavy atom. The molecule has 14 heteroatoms. The number of hydrogen-bond donors (Lipinski definition) is 4. The quantitative estimate of drug-likeness (QED) is 0.319. The van der Waals surface area contributed by atoms with Crippen molar-refractivity contribution in [3.8, 4) is 0 Å². The van der Waals surface area contributed by atoms with Crippen LogP contribution in [0.15, 0.2) is 0 Å². The Balaban J connectivity index is -0.0000000500. The van der Waals surface area contributed by atoms with E-state index in [4.69, 9.17) is 20.4 Å². The Hall–Kier alpha value is -0.748. The zero-order valence-electron chi connectivity index (χ0n) is 14.8. The van der Waals surface area contributed by atoms with Gasteiger partial charge in [-0.25, -0.2) is 0 Å². The van der Waals surface area contributed by atoms with E-state index in [1.165, 1.54) is 0 Å². The fraction of sp³-hybridized carbons (Fsp3) is 0.667. The number of hydrogen-bond acceptors (Lipinski definition) is 12. The average molecular weight is 405 g/mol. The molecule has 0 bridgehead atoms. The third-order valence-corrected chi connectivity index (χ3v) is 1.36. The van der Waals surface area contributed by atoms with Crippen LogP contribution in [0.3, 0.4) is 0 Å². The van der Waals surface area contributed by atoms with E-state index in [1.54, 1.807) is 0 Å². The van der Waals surface area contributed by atoms with Gasteiger partial charge in [0.2, 0.25) is 0 Å². The van der Waals surface area contributed by atoms with Crippen molar-refractivity contribution in [2.75, 3.05) is 0 Å². The molecule has 0 radical (unpaired) electrons. The van der Waals surface area contributed by atoms with Crippen LogP contribution < -0.4 is 20.4 Å². The zero-order valence-corrected chi connectivity index (χ0v) is 17.6. The SMILES string of the molecule is CC(O)C(=O)[O-].CC(O)C(=O)[O-].CC(O)C(=O)[O-].CC(O)C(=O)[O-].[Mg+2].[Mg+2]. The minimum absolute atomic E-state index is 0. The van der Waals surface area contributed by atoms with E-state index in [-0.39, 0.29) is 46.1 Å². The van der Waals surface area contributed by atoms with Gasteiger partial charge in [0.05, 0.1) is 48.3 Å². The van der Waals surface area contributed by atoms with E-state index >= 15 is 0 Å². The predicted octanol–water partition coefficient (Wildman–Crippen LogP) is -8.29. The number of carbonyl (C=O) groups is 4. The van der Waals surface area contributed by atoms with Crippen molar-refractivity contribution < 1.29 is 60.0 Å². The molecule has 0 aromatic heterocycles. The zero-order chi connectivity index (χ0) is 20.6. The van der Waals surface area contributed by atoms with E-state index < -0.39 is 48.3 Å². The Morgan fingerprint density at radius 3 is 0.538 bits per heavy atom. The molecule has 0 aliphatic rings. The van der Waals surface area contributed by atoms with Gasteiger partial charge in [-0.3, -0.25) is 0 Å². The van der Waals surface area contributed by atoms with Crippen LogP contribution in [0.4, 0.5) is 0 Å². The Labute approximate surface area is 181 Å². The maximum atomic E-state index is 9.34. The largest absolute Gasteiger partial charge is 2.00 e. The first kappa shape index (κ1) is 40.1. The van der Waals surface area contributed by atoms with Crippen LogP contribution in [0.2, 0.25) is 0 Å². The van der Waals surface area contributed by atoms with Crippen LogP contribution in [0, 0.1) is 0 Å². The van der Waals surface area contributed by atoms with Gasteiger partial charge in [-0.1, -0.05) is 0 Å². The maximum Gasteiger partial charge on any atom is 2.00 e. The molecule has 4 atom stereocenters. The summed E-state index contributed by atoms with van der Waals surface area (Å²) in [6.45, 7) is 4.54. The van der Waals surface area contributed by atoms with Gasteiger partial charge in [0, 0.05) is 0 Å². The van der Waals surface area contributed by atoms with Crippen molar-refractivity contribution in [2.45, 2.75) is 52.1 Å². The first-order valence-corrected chi connectivity index (χ1v) is 6.13. The summed E-state index contributed by atoms with van der Waals surface area (Å²) >= 11 is 0. The summed E-state index contributed by atoms with van der Waals surface area (Å²) in [6.07, 6.45) is -5.37. The molecule has 0 rings (SSSR count). The van der Waals surface area contributed by atoms with Gasteiger partial charge >= 0.3 is 46.1 Å². The third kappa shape index (κ3) is 49.5. The number of carboxylic acids is 4. The number of carboxylic acid groups (broad SMARTS) is 4. The topological polar surface area (TPSA) is 241 Å². The molecule has 0 saturated heterocycles. The molecule has 0 aromatic carbocycles. The van der Waals surface area contributed by atoms with E-state index in [0.29, 0.717) is 0 Å². The minimum atomic E-state index is -1.44. The van der Waals surface area contributed by atoms with E-state index in [2.05, 4.69) is 0 Å². The van der Waals surface area contributed by atoms with Crippen molar-refractivity contribution in [3.63, 3.8) is 0 Å². The van der Waals surface area contributed by atoms with Gasteiger partial charge in [0.1, 0.15) is 0 Å². The fourth-order valence-corrected chi connectivity index (χ4v) is 0. The fourth-order valence-electron chi connectivity index (χ4n) is 0. The standard InChI is InChI=1S/4C3H6O3.2Mg/c4*1-2(4)3(5)6;;/h4*2,4H,1H3,(H,5,6);;/q;;;;2*+2/p-4. The van der Waals surface area contributed by atoms with Crippen LogP contribution in [-0.2, 0) is 19.2 Å². The first-order valence-electron chi connectivity index (χ1n) is 6.13. The average Bonchev–Trinajstić information content (AvgIpc) is 2.40. The van der Waals surface area contributed by atoms with Crippen LogP contribution >= 0.6 is 0 Å². The van der Waals surface area contributed by atoms with Gasteiger partial charge < -0.3 is 60.0 Å². The summed E-state index contributed by atoms with van der Waals surface area (Å²) in [7, 11) is 0. The second kappa shape index (κ2) is 24.3.